The van der Waals surface area contributed by atoms with Gasteiger partial charge in [0.15, 0.2) is 0 Å². The fourth-order valence-electron chi connectivity index (χ4n) is 3.11. The normalized spacial score (nSPS) is 11.9. The Balaban J connectivity index is 1.89. The molecule has 0 aliphatic heterocycles. The van der Waals surface area contributed by atoms with Crippen LogP contribution in [0.15, 0.2) is 74.4 Å². The maximum atomic E-state index is 12.6. The average molecular weight is 410 g/mol. The summed E-state index contributed by atoms with van der Waals surface area (Å²) in [4.78, 5) is 50.1. The first-order valence-electron chi connectivity index (χ1n) is 9.31. The smallest absolute Gasteiger partial charge is 0.337 e. The van der Waals surface area contributed by atoms with E-state index in [1.165, 1.54) is 12.2 Å². The van der Waals surface area contributed by atoms with Gasteiger partial charge >= 0.3 is 17.1 Å². The van der Waals surface area contributed by atoms with Crippen molar-refractivity contribution in [1.82, 2.24) is 19.0 Å². The number of benzene rings is 1. The van der Waals surface area contributed by atoms with Gasteiger partial charge in [0.1, 0.15) is 17.9 Å². The van der Waals surface area contributed by atoms with E-state index in [1.807, 2.05) is 30.3 Å². The zero-order valence-electron chi connectivity index (χ0n) is 16.5. The van der Waals surface area contributed by atoms with E-state index in [1.54, 1.807) is 6.92 Å². The summed E-state index contributed by atoms with van der Waals surface area (Å²) in [6.07, 6.45) is 2.72. The predicted octanol–water partition coefficient (Wildman–Crippen LogP) is 1.17. The monoisotopic (exact) mass is 410 g/mol. The van der Waals surface area contributed by atoms with Crippen molar-refractivity contribution < 1.29 is 9.21 Å². The third-order valence-electron chi connectivity index (χ3n) is 4.56. The van der Waals surface area contributed by atoms with Crippen LogP contribution in [0.4, 0.5) is 0 Å². The lowest BCUT2D eigenvalue weighted by atomic mass is 10.2. The van der Waals surface area contributed by atoms with Gasteiger partial charge < -0.3 is 9.73 Å². The molecule has 0 aliphatic rings. The van der Waals surface area contributed by atoms with Crippen LogP contribution in [0, 0.1) is 0 Å². The molecule has 2 aromatic heterocycles. The summed E-state index contributed by atoms with van der Waals surface area (Å²) in [5.41, 5.74) is -1.85. The Morgan fingerprint density at radius 1 is 1.03 bits per heavy atom. The number of nitrogens with one attached hydrogen (secondary N) is 1. The van der Waals surface area contributed by atoms with Gasteiger partial charge in [-0.1, -0.05) is 30.4 Å². The molecule has 156 valence electrons. The van der Waals surface area contributed by atoms with E-state index in [0.29, 0.717) is 11.3 Å². The lowest BCUT2D eigenvalue weighted by Crippen LogP contribution is -2.55. The third-order valence-corrected chi connectivity index (χ3v) is 4.56. The van der Waals surface area contributed by atoms with Crippen molar-refractivity contribution in [2.24, 2.45) is 0 Å². The van der Waals surface area contributed by atoms with Gasteiger partial charge in [0, 0.05) is 5.39 Å². The Morgan fingerprint density at radius 3 is 2.17 bits per heavy atom. The van der Waals surface area contributed by atoms with Crippen LogP contribution in [-0.2, 0) is 24.4 Å². The summed E-state index contributed by atoms with van der Waals surface area (Å²) >= 11 is 0. The highest BCUT2D eigenvalue weighted by Crippen LogP contribution is 2.23. The first-order chi connectivity index (χ1) is 14.4. The second kappa shape index (κ2) is 8.64. The maximum absolute atomic E-state index is 12.6. The summed E-state index contributed by atoms with van der Waals surface area (Å²) in [5.74, 6) is -0.0336. The summed E-state index contributed by atoms with van der Waals surface area (Å²) in [6.45, 7) is 8.03. The van der Waals surface area contributed by atoms with Gasteiger partial charge in [-0.25, -0.2) is 28.1 Å². The molecule has 1 aromatic carbocycles. The van der Waals surface area contributed by atoms with Gasteiger partial charge in [0.05, 0.1) is 19.1 Å². The van der Waals surface area contributed by atoms with Crippen LogP contribution >= 0.6 is 0 Å². The van der Waals surface area contributed by atoms with E-state index >= 15 is 0 Å². The quantitative estimate of drug-likeness (QED) is 0.561. The number of hydrogen-bond acceptors (Lipinski definition) is 5. The lowest BCUT2D eigenvalue weighted by Gasteiger charge is -2.14. The van der Waals surface area contributed by atoms with Gasteiger partial charge in [0.2, 0.25) is 5.91 Å². The van der Waals surface area contributed by atoms with E-state index in [2.05, 4.69) is 18.5 Å². The number of amides is 1. The van der Waals surface area contributed by atoms with Crippen LogP contribution in [0.5, 0.6) is 0 Å². The lowest BCUT2D eigenvalue weighted by molar-refractivity contribution is -0.122. The minimum absolute atomic E-state index is 0.0912. The highest BCUT2D eigenvalue weighted by molar-refractivity contribution is 5.79. The Bertz CT molecular complexity index is 1210. The molecule has 9 nitrogen and oxygen atoms in total. The Labute approximate surface area is 171 Å². The van der Waals surface area contributed by atoms with Gasteiger partial charge in [0.25, 0.3) is 0 Å². The zero-order valence-corrected chi connectivity index (χ0v) is 16.5. The molecule has 0 aliphatic carbocycles. The molecule has 0 unspecified atom stereocenters. The predicted molar refractivity (Wildman–Crippen MR) is 112 cm³/mol. The van der Waals surface area contributed by atoms with E-state index < -0.39 is 35.6 Å². The minimum Gasteiger partial charge on any atom is -0.459 e. The van der Waals surface area contributed by atoms with Crippen LogP contribution in [-0.4, -0.2) is 19.6 Å². The van der Waals surface area contributed by atoms with Gasteiger partial charge in [-0.2, -0.15) is 0 Å². The number of fused-ring (bicyclic) bond motifs is 1. The zero-order chi connectivity index (χ0) is 21.8. The van der Waals surface area contributed by atoms with Gasteiger partial charge in [-0.05, 0) is 19.1 Å². The first-order valence-corrected chi connectivity index (χ1v) is 9.31. The fourth-order valence-corrected chi connectivity index (χ4v) is 3.11. The highest BCUT2D eigenvalue weighted by Gasteiger charge is 2.19. The van der Waals surface area contributed by atoms with Gasteiger partial charge in [-0.15, -0.1) is 13.2 Å². The number of nitrogens with zero attached hydrogens (tertiary/aromatic N) is 3. The van der Waals surface area contributed by atoms with Crippen molar-refractivity contribution in [2.75, 3.05) is 0 Å². The molecule has 30 heavy (non-hydrogen) atoms. The average Bonchev–Trinajstić information content (AvgIpc) is 3.16. The molecule has 0 saturated heterocycles. The molecule has 0 radical (unpaired) electrons. The van der Waals surface area contributed by atoms with E-state index in [9.17, 15) is 19.2 Å². The molecule has 1 atom stereocenters. The van der Waals surface area contributed by atoms with Crippen molar-refractivity contribution in [1.29, 1.82) is 0 Å². The second-order valence-electron chi connectivity index (χ2n) is 6.71. The van der Waals surface area contributed by atoms with Crippen LogP contribution < -0.4 is 22.4 Å². The molecule has 1 N–H and O–H groups in total. The largest absolute Gasteiger partial charge is 0.459 e. The van der Waals surface area contributed by atoms with Crippen molar-refractivity contribution in [2.45, 2.75) is 32.6 Å². The number of furan rings is 1. The van der Waals surface area contributed by atoms with E-state index in [-0.39, 0.29) is 13.1 Å². The SMILES string of the molecule is C=CCn1c(=O)n(CC=C)c(=O)n(CC(=O)N[C@H](C)c2cc3ccccc3o2)c1=O. The second-order valence-corrected chi connectivity index (χ2v) is 6.71. The van der Waals surface area contributed by atoms with Crippen LogP contribution in [0.2, 0.25) is 0 Å². The molecule has 3 aromatic rings. The number of aromatic nitrogens is 3. The molecule has 3 rings (SSSR count). The van der Waals surface area contributed by atoms with Crippen LogP contribution in [0.25, 0.3) is 11.0 Å². The van der Waals surface area contributed by atoms with Crippen LogP contribution in [0.1, 0.15) is 18.7 Å². The number of hydrogen-bond donors (Lipinski definition) is 1. The number of rotatable bonds is 8. The highest BCUT2D eigenvalue weighted by atomic mass is 16.3. The molecule has 0 spiro atoms. The molecule has 0 saturated carbocycles. The van der Waals surface area contributed by atoms with Crippen molar-refractivity contribution in [3.63, 3.8) is 0 Å². The van der Waals surface area contributed by atoms with E-state index in [4.69, 9.17) is 4.42 Å². The first kappa shape index (κ1) is 20.8. The minimum atomic E-state index is -0.878. The summed E-state index contributed by atoms with van der Waals surface area (Å²) in [5, 5.41) is 3.61. The number of carbonyl (C=O) groups is 1. The number of allylic oxidation sites excluding steroid dienone is 2. The van der Waals surface area contributed by atoms with Crippen molar-refractivity contribution in [3.05, 3.63) is 92.9 Å². The summed E-state index contributed by atoms with van der Waals surface area (Å²) in [6, 6.07) is 8.75. The standard InChI is InChI=1S/C21H22N4O5/c1-4-10-23-19(27)24(11-5-2)21(29)25(20(23)28)13-18(26)22-14(3)17-12-15-8-6-7-9-16(15)30-17/h4-9,12,14H,1-2,10-11,13H2,3H3,(H,22,26)/t14-/m1/s1. The molecule has 1 amide bonds. The summed E-state index contributed by atoms with van der Waals surface area (Å²) in [7, 11) is 0. The Hall–Kier alpha value is -3.88. The molecular formula is C21H22N4O5. The summed E-state index contributed by atoms with van der Waals surface area (Å²) < 4.78 is 8.13. The molecular weight excluding hydrogens is 388 g/mol. The fraction of sp³-hybridized carbons (Fsp3) is 0.238. The number of para-hydroxylation sites is 1. The molecule has 0 bridgehead atoms. The van der Waals surface area contributed by atoms with Crippen LogP contribution in [0.3, 0.4) is 0 Å². The molecule has 0 fully saturated rings. The van der Waals surface area contributed by atoms with Crippen molar-refractivity contribution in [3.8, 4) is 0 Å². The molecule has 2 heterocycles. The third kappa shape index (κ3) is 3.95. The van der Waals surface area contributed by atoms with E-state index in [0.717, 1.165) is 19.1 Å². The van der Waals surface area contributed by atoms with Crippen molar-refractivity contribution >= 4 is 16.9 Å². The van der Waals surface area contributed by atoms with Gasteiger partial charge in [-0.3, -0.25) is 4.79 Å². The topological polar surface area (TPSA) is 108 Å². The molecule has 9 heteroatoms. The maximum Gasteiger partial charge on any atom is 0.337 e. The number of carbonyl (C=O) groups excluding carboxylic acids is 1. The Morgan fingerprint density at radius 2 is 1.60 bits per heavy atom. The Kier molecular flexibility index (Phi) is 6.01.